The summed E-state index contributed by atoms with van der Waals surface area (Å²) in [5.41, 5.74) is 2.44. The molecule has 3 aromatic rings. The third kappa shape index (κ3) is 3.84. The predicted molar refractivity (Wildman–Crippen MR) is 107 cm³/mol. The smallest absolute Gasteiger partial charge is 0.196 e. The number of aromatic nitrogens is 3. The topological polar surface area (TPSA) is 34.0 Å². The molecule has 0 amide bonds. The molecule has 134 valence electrons. The number of thioether (sulfide) groups is 1. The first kappa shape index (κ1) is 17.3. The van der Waals surface area contributed by atoms with Gasteiger partial charge in [0.25, 0.3) is 0 Å². The molecule has 1 fully saturated rings. The maximum absolute atomic E-state index is 4.55. The van der Waals surface area contributed by atoms with E-state index < -0.39 is 0 Å². The van der Waals surface area contributed by atoms with Crippen LogP contribution >= 0.6 is 11.8 Å². The van der Waals surface area contributed by atoms with Gasteiger partial charge in [-0.05, 0) is 50.6 Å². The van der Waals surface area contributed by atoms with Crippen molar-refractivity contribution in [2.75, 3.05) is 13.1 Å². The fourth-order valence-corrected chi connectivity index (χ4v) is 4.42. The lowest BCUT2D eigenvalue weighted by atomic mass is 10.2. The first-order chi connectivity index (χ1) is 12.8. The number of para-hydroxylation sites is 1. The molecule has 1 aliphatic heterocycles. The van der Waals surface area contributed by atoms with Crippen molar-refractivity contribution in [3.05, 3.63) is 72.1 Å². The van der Waals surface area contributed by atoms with Crippen molar-refractivity contribution in [3.8, 4) is 5.69 Å². The standard InChI is InChI=1S/C21H24N4S/c1-17(18-10-4-2-5-11-18)26-21-23-22-20(16-24-14-8-9-15-24)25(21)19-12-6-3-7-13-19/h2-7,10-13,17H,8-9,14-16H2,1H3. The second kappa shape index (κ2) is 8.06. The minimum atomic E-state index is 0.322. The summed E-state index contributed by atoms with van der Waals surface area (Å²) in [5.74, 6) is 1.03. The zero-order valence-electron chi connectivity index (χ0n) is 15.1. The molecule has 26 heavy (non-hydrogen) atoms. The van der Waals surface area contributed by atoms with Gasteiger partial charge in [-0.15, -0.1) is 10.2 Å². The van der Waals surface area contributed by atoms with E-state index in [0.29, 0.717) is 5.25 Å². The number of likely N-dealkylation sites (tertiary alicyclic amines) is 1. The van der Waals surface area contributed by atoms with E-state index in [-0.39, 0.29) is 0 Å². The van der Waals surface area contributed by atoms with Crippen molar-refractivity contribution in [1.82, 2.24) is 19.7 Å². The Morgan fingerprint density at radius 1 is 0.923 bits per heavy atom. The molecule has 2 aromatic carbocycles. The van der Waals surface area contributed by atoms with E-state index in [1.54, 1.807) is 11.8 Å². The molecule has 4 rings (SSSR count). The van der Waals surface area contributed by atoms with Gasteiger partial charge in [0.05, 0.1) is 6.54 Å². The SMILES string of the molecule is CC(Sc1nnc(CN2CCCC2)n1-c1ccccc1)c1ccccc1. The number of benzene rings is 2. The highest BCUT2D eigenvalue weighted by Crippen LogP contribution is 2.35. The predicted octanol–water partition coefficient (Wildman–Crippen LogP) is 4.72. The largest absolute Gasteiger partial charge is 0.296 e. The van der Waals surface area contributed by atoms with E-state index >= 15 is 0 Å². The zero-order chi connectivity index (χ0) is 17.8. The van der Waals surface area contributed by atoms with Crippen LogP contribution in [0.25, 0.3) is 5.69 Å². The lowest BCUT2D eigenvalue weighted by molar-refractivity contribution is 0.319. The summed E-state index contributed by atoms with van der Waals surface area (Å²) in [5, 5.41) is 10.4. The third-order valence-corrected chi connectivity index (χ3v) is 5.93. The summed E-state index contributed by atoms with van der Waals surface area (Å²) in [6.45, 7) is 5.40. The Morgan fingerprint density at radius 2 is 1.58 bits per heavy atom. The number of nitrogens with zero attached hydrogens (tertiary/aromatic N) is 4. The summed E-state index contributed by atoms with van der Waals surface area (Å²) >= 11 is 1.77. The van der Waals surface area contributed by atoms with E-state index in [0.717, 1.165) is 36.3 Å². The normalized spacial score (nSPS) is 16.0. The molecule has 1 saturated heterocycles. The number of hydrogen-bond donors (Lipinski definition) is 0. The fourth-order valence-electron chi connectivity index (χ4n) is 3.41. The van der Waals surface area contributed by atoms with Crippen molar-refractivity contribution in [2.45, 2.75) is 36.7 Å². The Hall–Kier alpha value is -2.11. The molecular formula is C21H24N4S. The molecule has 1 aliphatic rings. The minimum Gasteiger partial charge on any atom is -0.296 e. The van der Waals surface area contributed by atoms with Gasteiger partial charge in [0, 0.05) is 10.9 Å². The molecule has 1 atom stereocenters. The van der Waals surface area contributed by atoms with Crippen LogP contribution in [-0.2, 0) is 6.54 Å². The van der Waals surface area contributed by atoms with Crippen molar-refractivity contribution in [3.63, 3.8) is 0 Å². The molecule has 4 nitrogen and oxygen atoms in total. The van der Waals surface area contributed by atoms with Gasteiger partial charge < -0.3 is 0 Å². The van der Waals surface area contributed by atoms with E-state index in [1.165, 1.54) is 18.4 Å². The van der Waals surface area contributed by atoms with Crippen LogP contribution in [0, 0.1) is 0 Å². The van der Waals surface area contributed by atoms with Gasteiger partial charge in [-0.25, -0.2) is 0 Å². The third-order valence-electron chi connectivity index (χ3n) is 4.83. The molecule has 1 aromatic heterocycles. The lowest BCUT2D eigenvalue weighted by Gasteiger charge is -2.17. The van der Waals surface area contributed by atoms with Gasteiger partial charge >= 0.3 is 0 Å². The van der Waals surface area contributed by atoms with Gasteiger partial charge in [-0.1, -0.05) is 60.3 Å². The molecular weight excluding hydrogens is 340 g/mol. The van der Waals surface area contributed by atoms with E-state index in [1.807, 2.05) is 6.07 Å². The Labute approximate surface area is 159 Å². The average molecular weight is 365 g/mol. The molecule has 0 N–H and O–H groups in total. The van der Waals surface area contributed by atoms with Gasteiger partial charge in [0.15, 0.2) is 11.0 Å². The molecule has 2 heterocycles. The zero-order valence-corrected chi connectivity index (χ0v) is 15.9. The molecule has 0 radical (unpaired) electrons. The van der Waals surface area contributed by atoms with Crippen LogP contribution in [-0.4, -0.2) is 32.8 Å². The summed E-state index contributed by atoms with van der Waals surface area (Å²) in [7, 11) is 0. The second-order valence-electron chi connectivity index (χ2n) is 6.72. The van der Waals surface area contributed by atoms with Gasteiger partial charge in [0.1, 0.15) is 0 Å². The summed E-state index contributed by atoms with van der Waals surface area (Å²) in [4.78, 5) is 2.47. The fraction of sp³-hybridized carbons (Fsp3) is 0.333. The highest BCUT2D eigenvalue weighted by Gasteiger charge is 2.21. The van der Waals surface area contributed by atoms with Crippen LogP contribution in [0.15, 0.2) is 65.8 Å². The lowest BCUT2D eigenvalue weighted by Crippen LogP contribution is -2.21. The summed E-state index contributed by atoms with van der Waals surface area (Å²) < 4.78 is 2.22. The van der Waals surface area contributed by atoms with Crippen LogP contribution < -0.4 is 0 Å². The molecule has 0 spiro atoms. The van der Waals surface area contributed by atoms with Crippen molar-refractivity contribution < 1.29 is 0 Å². The molecule has 5 heteroatoms. The van der Waals surface area contributed by atoms with Crippen LogP contribution in [0.1, 0.15) is 36.4 Å². The van der Waals surface area contributed by atoms with E-state index in [9.17, 15) is 0 Å². The van der Waals surface area contributed by atoms with Gasteiger partial charge in [-0.2, -0.15) is 0 Å². The van der Waals surface area contributed by atoms with Crippen LogP contribution in [0.5, 0.6) is 0 Å². The van der Waals surface area contributed by atoms with Crippen molar-refractivity contribution in [1.29, 1.82) is 0 Å². The Kier molecular flexibility index (Phi) is 5.37. The van der Waals surface area contributed by atoms with Crippen LogP contribution in [0.3, 0.4) is 0 Å². The highest BCUT2D eigenvalue weighted by molar-refractivity contribution is 7.99. The minimum absolute atomic E-state index is 0.322. The average Bonchev–Trinajstić information content (AvgIpc) is 3.34. The number of hydrogen-bond acceptors (Lipinski definition) is 4. The van der Waals surface area contributed by atoms with Crippen LogP contribution in [0.4, 0.5) is 0 Å². The summed E-state index contributed by atoms with van der Waals surface area (Å²) in [6, 6.07) is 21.0. The van der Waals surface area contributed by atoms with E-state index in [2.05, 4.69) is 81.2 Å². The number of rotatable bonds is 6. The molecule has 0 aliphatic carbocycles. The van der Waals surface area contributed by atoms with E-state index in [4.69, 9.17) is 0 Å². The van der Waals surface area contributed by atoms with Gasteiger partial charge in [-0.3, -0.25) is 9.47 Å². The first-order valence-electron chi connectivity index (χ1n) is 9.25. The maximum atomic E-state index is 4.55. The molecule has 0 saturated carbocycles. The quantitative estimate of drug-likeness (QED) is 0.593. The Bertz CT molecular complexity index is 826. The first-order valence-corrected chi connectivity index (χ1v) is 10.1. The van der Waals surface area contributed by atoms with Gasteiger partial charge in [0.2, 0.25) is 0 Å². The van der Waals surface area contributed by atoms with Crippen LogP contribution in [0.2, 0.25) is 0 Å². The Morgan fingerprint density at radius 3 is 2.27 bits per heavy atom. The second-order valence-corrected chi connectivity index (χ2v) is 8.03. The maximum Gasteiger partial charge on any atom is 0.196 e. The Balaban J connectivity index is 1.64. The highest BCUT2D eigenvalue weighted by atomic mass is 32.2. The molecule has 1 unspecified atom stereocenters. The monoisotopic (exact) mass is 364 g/mol. The molecule has 0 bridgehead atoms. The van der Waals surface area contributed by atoms with Crippen molar-refractivity contribution in [2.24, 2.45) is 0 Å². The summed E-state index contributed by atoms with van der Waals surface area (Å²) in [6.07, 6.45) is 2.57. The van der Waals surface area contributed by atoms with Crippen molar-refractivity contribution >= 4 is 11.8 Å².